The molecular weight excluding hydrogens is 401 g/mol. The first-order chi connectivity index (χ1) is 12.7. The van der Waals surface area contributed by atoms with Crippen molar-refractivity contribution in [3.05, 3.63) is 11.8 Å². The molecular formula is C19H33Cl2N5O2. The van der Waals surface area contributed by atoms with E-state index in [0.29, 0.717) is 18.5 Å². The molecule has 1 saturated carbocycles. The van der Waals surface area contributed by atoms with Crippen LogP contribution < -0.4 is 16.0 Å². The summed E-state index contributed by atoms with van der Waals surface area (Å²) in [6.07, 6.45) is 6.19. The van der Waals surface area contributed by atoms with Crippen LogP contribution >= 0.6 is 24.8 Å². The highest BCUT2D eigenvalue weighted by Crippen LogP contribution is 2.37. The summed E-state index contributed by atoms with van der Waals surface area (Å²) in [4.78, 5) is 11.9. The molecule has 2 aliphatic heterocycles. The van der Waals surface area contributed by atoms with Gasteiger partial charge in [0.1, 0.15) is 5.82 Å². The van der Waals surface area contributed by atoms with Crippen molar-refractivity contribution in [2.24, 2.45) is 11.1 Å². The van der Waals surface area contributed by atoms with Crippen LogP contribution in [0.1, 0.15) is 50.1 Å². The lowest BCUT2D eigenvalue weighted by molar-refractivity contribution is -0.00862. The van der Waals surface area contributed by atoms with Crippen molar-refractivity contribution >= 4 is 36.6 Å². The summed E-state index contributed by atoms with van der Waals surface area (Å²) in [7, 11) is 0. The van der Waals surface area contributed by atoms with E-state index in [2.05, 4.69) is 16.3 Å². The Bertz CT molecular complexity index is 618. The van der Waals surface area contributed by atoms with Gasteiger partial charge in [0.15, 0.2) is 0 Å². The fourth-order valence-corrected chi connectivity index (χ4v) is 4.19. The van der Waals surface area contributed by atoms with Gasteiger partial charge in [-0.3, -0.25) is 0 Å². The highest BCUT2D eigenvalue weighted by molar-refractivity contribution is 5.85. The maximum absolute atomic E-state index is 9.92. The van der Waals surface area contributed by atoms with E-state index < -0.39 is 0 Å². The average molecular weight is 434 g/mol. The number of nitrogens with two attached hydrogens (primary N) is 1. The number of anilines is 2. The minimum Gasteiger partial charge on any atom is -0.396 e. The Hall–Kier alpha value is -0.860. The number of hydrogen-bond donors (Lipinski definition) is 3. The molecule has 3 aliphatic rings. The smallest absolute Gasteiger partial charge is 0.227 e. The zero-order valence-corrected chi connectivity index (χ0v) is 17.9. The van der Waals surface area contributed by atoms with E-state index in [1.807, 2.05) is 0 Å². The van der Waals surface area contributed by atoms with Gasteiger partial charge >= 0.3 is 0 Å². The van der Waals surface area contributed by atoms with Gasteiger partial charge in [-0.1, -0.05) is 0 Å². The second-order valence-corrected chi connectivity index (χ2v) is 8.22. The Morgan fingerprint density at radius 3 is 2.46 bits per heavy atom. The summed E-state index contributed by atoms with van der Waals surface area (Å²) in [6.45, 7) is 4.40. The first-order valence-corrected chi connectivity index (χ1v) is 9.99. The Morgan fingerprint density at radius 1 is 1.18 bits per heavy atom. The van der Waals surface area contributed by atoms with E-state index in [9.17, 15) is 5.11 Å². The average Bonchev–Trinajstić information content (AvgIpc) is 3.19. The van der Waals surface area contributed by atoms with Crippen molar-refractivity contribution in [3.63, 3.8) is 0 Å². The molecule has 7 nitrogen and oxygen atoms in total. The highest BCUT2D eigenvalue weighted by atomic mass is 35.5. The molecule has 0 amide bonds. The number of ether oxygens (including phenoxy) is 1. The third-order valence-corrected chi connectivity index (χ3v) is 6.25. The molecule has 3 heterocycles. The topological polar surface area (TPSA) is 96.5 Å². The highest BCUT2D eigenvalue weighted by Gasteiger charge is 2.33. The van der Waals surface area contributed by atoms with Crippen LogP contribution in [0.2, 0.25) is 0 Å². The molecule has 160 valence electrons. The number of nitrogens with zero attached hydrogens (tertiary/aromatic N) is 3. The summed E-state index contributed by atoms with van der Waals surface area (Å²) in [6, 6.07) is 2.39. The lowest BCUT2D eigenvalue weighted by atomic mass is 9.78. The maximum Gasteiger partial charge on any atom is 0.227 e. The van der Waals surface area contributed by atoms with Gasteiger partial charge in [0.2, 0.25) is 5.95 Å². The number of aliphatic hydroxyl groups excluding tert-OH is 1. The van der Waals surface area contributed by atoms with Gasteiger partial charge in [0, 0.05) is 56.3 Å². The summed E-state index contributed by atoms with van der Waals surface area (Å²) >= 11 is 0. The summed E-state index contributed by atoms with van der Waals surface area (Å²) in [5, 5.41) is 13.4. The van der Waals surface area contributed by atoms with Crippen LogP contribution in [0.3, 0.4) is 0 Å². The van der Waals surface area contributed by atoms with E-state index in [1.54, 1.807) is 0 Å². The fraction of sp³-hybridized carbons (Fsp3) is 0.789. The molecule has 0 atom stereocenters. The van der Waals surface area contributed by atoms with E-state index in [0.717, 1.165) is 69.4 Å². The molecule has 2 saturated heterocycles. The van der Waals surface area contributed by atoms with Gasteiger partial charge in [-0.25, -0.2) is 4.98 Å². The van der Waals surface area contributed by atoms with Crippen molar-refractivity contribution in [1.82, 2.24) is 9.97 Å². The number of rotatable bonds is 6. The molecule has 9 heteroatoms. The van der Waals surface area contributed by atoms with Crippen LogP contribution in [-0.4, -0.2) is 60.6 Å². The molecule has 0 unspecified atom stereocenters. The van der Waals surface area contributed by atoms with Crippen LogP contribution in [-0.2, 0) is 4.74 Å². The molecule has 0 aromatic carbocycles. The normalized spacial score (nSPS) is 26.0. The monoisotopic (exact) mass is 433 g/mol. The van der Waals surface area contributed by atoms with E-state index in [1.165, 1.54) is 12.8 Å². The minimum atomic E-state index is -0.115. The molecule has 4 N–H and O–H groups in total. The van der Waals surface area contributed by atoms with Crippen LogP contribution in [0.4, 0.5) is 11.8 Å². The zero-order chi connectivity index (χ0) is 18.0. The van der Waals surface area contributed by atoms with Crippen molar-refractivity contribution in [3.8, 4) is 0 Å². The van der Waals surface area contributed by atoms with Crippen molar-refractivity contribution in [1.29, 1.82) is 0 Å². The molecule has 0 radical (unpaired) electrons. The van der Waals surface area contributed by atoms with Gasteiger partial charge in [-0.05, 0) is 38.5 Å². The first-order valence-electron chi connectivity index (χ1n) is 9.99. The second-order valence-electron chi connectivity index (χ2n) is 8.22. The van der Waals surface area contributed by atoms with Crippen LogP contribution in [0, 0.1) is 5.41 Å². The molecule has 3 fully saturated rings. The summed E-state index contributed by atoms with van der Waals surface area (Å²) < 4.78 is 5.46. The molecule has 1 aromatic rings. The third-order valence-electron chi connectivity index (χ3n) is 6.25. The van der Waals surface area contributed by atoms with E-state index >= 15 is 0 Å². The van der Waals surface area contributed by atoms with E-state index in [4.69, 9.17) is 20.4 Å². The number of hydrogen-bond acceptors (Lipinski definition) is 7. The predicted molar refractivity (Wildman–Crippen MR) is 116 cm³/mol. The SMILES string of the molecule is Cl.Cl.NC1CC(c2cc(NCC3(CO)CCOCC3)nc(N3CCCC3)n2)C1. The van der Waals surface area contributed by atoms with Crippen molar-refractivity contribution < 1.29 is 9.84 Å². The van der Waals surface area contributed by atoms with Crippen LogP contribution in [0.5, 0.6) is 0 Å². The van der Waals surface area contributed by atoms with Gasteiger partial charge in [-0.15, -0.1) is 24.8 Å². The molecule has 0 bridgehead atoms. The molecule has 4 rings (SSSR count). The Balaban J connectivity index is 0.00000140. The number of nitrogens with one attached hydrogen (secondary N) is 1. The lowest BCUT2D eigenvalue weighted by Gasteiger charge is -2.36. The predicted octanol–water partition coefficient (Wildman–Crippen LogP) is 2.33. The van der Waals surface area contributed by atoms with Crippen molar-refractivity contribution in [2.75, 3.05) is 49.7 Å². The first kappa shape index (κ1) is 23.4. The number of halogens is 2. The fourth-order valence-electron chi connectivity index (χ4n) is 4.19. The molecule has 28 heavy (non-hydrogen) atoms. The standard InChI is InChI=1S/C19H31N5O2.2ClH/c20-15-9-14(10-15)16-11-17(23-18(22-16)24-5-1-2-6-24)21-12-19(13-25)3-7-26-8-4-19;;/h11,14-15,25H,1-10,12-13,20H2,(H,21,22,23);2*1H. The Labute approximate surface area is 179 Å². The van der Waals surface area contributed by atoms with Gasteiger partial charge in [0.05, 0.1) is 12.3 Å². The zero-order valence-electron chi connectivity index (χ0n) is 16.3. The van der Waals surface area contributed by atoms with Gasteiger partial charge in [0.25, 0.3) is 0 Å². The third kappa shape index (κ3) is 5.19. The molecule has 0 spiro atoms. The molecule has 1 aromatic heterocycles. The number of aliphatic hydroxyl groups is 1. The quantitative estimate of drug-likeness (QED) is 0.632. The Kier molecular flexibility index (Phi) is 8.58. The number of aromatic nitrogens is 2. The van der Waals surface area contributed by atoms with Gasteiger partial charge < -0.3 is 25.8 Å². The Morgan fingerprint density at radius 2 is 1.86 bits per heavy atom. The molecule has 1 aliphatic carbocycles. The maximum atomic E-state index is 9.92. The largest absolute Gasteiger partial charge is 0.396 e. The van der Waals surface area contributed by atoms with Crippen molar-refractivity contribution in [2.45, 2.75) is 50.5 Å². The lowest BCUT2D eigenvalue weighted by Crippen LogP contribution is -2.39. The van der Waals surface area contributed by atoms with Gasteiger partial charge in [-0.2, -0.15) is 4.98 Å². The van der Waals surface area contributed by atoms with E-state index in [-0.39, 0.29) is 36.8 Å². The van der Waals surface area contributed by atoms with Crippen LogP contribution in [0.15, 0.2) is 6.07 Å². The summed E-state index contributed by atoms with van der Waals surface area (Å²) in [5.74, 6) is 2.16. The van der Waals surface area contributed by atoms with Crippen LogP contribution in [0.25, 0.3) is 0 Å². The summed E-state index contributed by atoms with van der Waals surface area (Å²) in [5.41, 5.74) is 6.98. The minimum absolute atomic E-state index is 0. The second kappa shape index (κ2) is 10.3.